The van der Waals surface area contributed by atoms with E-state index in [1.807, 2.05) is 4.90 Å². The van der Waals surface area contributed by atoms with E-state index in [0.29, 0.717) is 24.0 Å². The summed E-state index contributed by atoms with van der Waals surface area (Å²) < 4.78 is 5.15. The highest BCUT2D eigenvalue weighted by molar-refractivity contribution is 5.83. The Bertz CT molecular complexity index is 313. The maximum absolute atomic E-state index is 12.7. The Morgan fingerprint density at radius 1 is 1.47 bits per heavy atom. The molecule has 1 amide bonds. The van der Waals surface area contributed by atoms with Crippen LogP contribution in [0, 0.1) is 11.3 Å². The van der Waals surface area contributed by atoms with Crippen molar-refractivity contribution in [1.29, 1.82) is 0 Å². The molecule has 2 rings (SSSR count). The molecular weight excluding hydrogens is 240 g/mol. The molecule has 0 aromatic heterocycles. The molecule has 2 aliphatic rings. The largest absolute Gasteiger partial charge is 0.383 e. The molecule has 1 saturated heterocycles. The van der Waals surface area contributed by atoms with Crippen LogP contribution in [0.4, 0.5) is 0 Å². The zero-order chi connectivity index (χ0) is 13.9. The monoisotopic (exact) mass is 268 g/mol. The zero-order valence-electron chi connectivity index (χ0n) is 12.6. The van der Waals surface area contributed by atoms with Crippen LogP contribution in [0.5, 0.6) is 0 Å². The van der Waals surface area contributed by atoms with E-state index in [1.54, 1.807) is 7.11 Å². The smallest absolute Gasteiger partial charge is 0.226 e. The van der Waals surface area contributed by atoms with E-state index in [1.165, 1.54) is 12.8 Å². The lowest BCUT2D eigenvalue weighted by Gasteiger charge is -2.30. The summed E-state index contributed by atoms with van der Waals surface area (Å²) in [6.07, 6.45) is 4.45. The first-order valence-corrected chi connectivity index (χ1v) is 7.65. The molecule has 110 valence electrons. The first kappa shape index (κ1) is 14.8. The summed E-state index contributed by atoms with van der Waals surface area (Å²) in [5.41, 5.74) is 0.334. The second kappa shape index (κ2) is 6.23. The average molecular weight is 268 g/mol. The Kier molecular flexibility index (Phi) is 4.85. The number of hydrogen-bond acceptors (Lipinski definition) is 3. The third-order valence-electron chi connectivity index (χ3n) is 5.03. The Balaban J connectivity index is 1.96. The molecule has 0 radical (unpaired) electrons. The van der Waals surface area contributed by atoms with Crippen molar-refractivity contribution >= 4 is 5.91 Å². The normalized spacial score (nSPS) is 26.2. The SMILES string of the molecule is CCC(C)N(CCOC)C(=O)C1CC12CCNCC2. The van der Waals surface area contributed by atoms with E-state index in [9.17, 15) is 4.79 Å². The Labute approximate surface area is 116 Å². The first-order valence-electron chi connectivity index (χ1n) is 7.65. The van der Waals surface area contributed by atoms with Gasteiger partial charge in [-0.3, -0.25) is 4.79 Å². The predicted octanol–water partition coefficient (Wildman–Crippen LogP) is 1.65. The third-order valence-corrected chi connectivity index (χ3v) is 5.03. The lowest BCUT2D eigenvalue weighted by Crippen LogP contribution is -2.43. The molecule has 1 aliphatic heterocycles. The second-order valence-corrected chi connectivity index (χ2v) is 6.15. The van der Waals surface area contributed by atoms with Crippen LogP contribution in [-0.2, 0) is 9.53 Å². The quantitative estimate of drug-likeness (QED) is 0.796. The topological polar surface area (TPSA) is 41.6 Å². The molecule has 1 aliphatic carbocycles. The van der Waals surface area contributed by atoms with Gasteiger partial charge in [0.25, 0.3) is 0 Å². The van der Waals surface area contributed by atoms with Crippen LogP contribution < -0.4 is 5.32 Å². The second-order valence-electron chi connectivity index (χ2n) is 6.15. The van der Waals surface area contributed by atoms with Crippen LogP contribution in [0.15, 0.2) is 0 Å². The summed E-state index contributed by atoms with van der Waals surface area (Å²) in [5, 5.41) is 3.39. The van der Waals surface area contributed by atoms with Crippen LogP contribution in [0.2, 0.25) is 0 Å². The van der Waals surface area contributed by atoms with Crippen LogP contribution in [0.25, 0.3) is 0 Å². The fraction of sp³-hybridized carbons (Fsp3) is 0.933. The number of hydrogen-bond donors (Lipinski definition) is 1. The van der Waals surface area contributed by atoms with Gasteiger partial charge < -0.3 is 15.0 Å². The molecule has 0 bridgehead atoms. The van der Waals surface area contributed by atoms with Crippen LogP contribution >= 0.6 is 0 Å². The van der Waals surface area contributed by atoms with Crippen LogP contribution in [0.1, 0.15) is 39.5 Å². The number of carbonyl (C=O) groups excluding carboxylic acids is 1. The molecule has 1 spiro atoms. The Morgan fingerprint density at radius 2 is 2.16 bits per heavy atom. The minimum atomic E-state index is 0.278. The summed E-state index contributed by atoms with van der Waals surface area (Å²) in [6, 6.07) is 0.321. The highest BCUT2D eigenvalue weighted by Gasteiger charge is 2.58. The van der Waals surface area contributed by atoms with Gasteiger partial charge in [0.2, 0.25) is 5.91 Å². The number of methoxy groups -OCH3 is 1. The minimum absolute atomic E-state index is 0.278. The molecule has 1 saturated carbocycles. The van der Waals surface area contributed by atoms with Crippen molar-refractivity contribution in [3.63, 3.8) is 0 Å². The van der Waals surface area contributed by atoms with Gasteiger partial charge in [-0.2, -0.15) is 0 Å². The molecule has 19 heavy (non-hydrogen) atoms. The van der Waals surface area contributed by atoms with E-state index in [0.717, 1.165) is 32.5 Å². The molecule has 0 aromatic carbocycles. The summed E-state index contributed by atoms with van der Waals surface area (Å²) in [7, 11) is 1.70. The summed E-state index contributed by atoms with van der Waals surface area (Å²) in [5.74, 6) is 0.647. The van der Waals surface area contributed by atoms with Gasteiger partial charge in [0, 0.05) is 25.6 Å². The van der Waals surface area contributed by atoms with Gasteiger partial charge in [-0.15, -0.1) is 0 Å². The maximum Gasteiger partial charge on any atom is 0.226 e. The van der Waals surface area contributed by atoms with Gasteiger partial charge in [0.1, 0.15) is 0 Å². The maximum atomic E-state index is 12.7. The van der Waals surface area contributed by atoms with Crippen LogP contribution in [-0.4, -0.2) is 50.2 Å². The molecule has 4 nitrogen and oxygen atoms in total. The first-order chi connectivity index (χ1) is 9.14. The van der Waals surface area contributed by atoms with Gasteiger partial charge in [0.15, 0.2) is 0 Å². The predicted molar refractivity (Wildman–Crippen MR) is 76.0 cm³/mol. The van der Waals surface area contributed by atoms with Gasteiger partial charge in [-0.25, -0.2) is 0 Å². The molecule has 2 unspecified atom stereocenters. The lowest BCUT2D eigenvalue weighted by molar-refractivity contribution is -0.136. The number of rotatable bonds is 6. The number of piperidine rings is 1. The summed E-state index contributed by atoms with van der Waals surface area (Å²) in [4.78, 5) is 14.8. The van der Waals surface area contributed by atoms with Gasteiger partial charge in [-0.05, 0) is 51.1 Å². The van der Waals surface area contributed by atoms with E-state index in [4.69, 9.17) is 4.74 Å². The highest BCUT2D eigenvalue weighted by atomic mass is 16.5. The summed E-state index contributed by atoms with van der Waals surface area (Å²) in [6.45, 7) is 7.80. The van der Waals surface area contributed by atoms with Gasteiger partial charge in [-0.1, -0.05) is 6.92 Å². The van der Waals surface area contributed by atoms with E-state index in [-0.39, 0.29) is 5.92 Å². The van der Waals surface area contributed by atoms with E-state index >= 15 is 0 Å². The summed E-state index contributed by atoms with van der Waals surface area (Å²) >= 11 is 0. The van der Waals surface area contributed by atoms with Crippen molar-refractivity contribution in [2.75, 3.05) is 33.4 Å². The fourth-order valence-corrected chi connectivity index (χ4v) is 3.33. The van der Waals surface area contributed by atoms with Crippen molar-refractivity contribution in [2.45, 2.75) is 45.6 Å². The number of nitrogens with zero attached hydrogens (tertiary/aromatic N) is 1. The fourth-order valence-electron chi connectivity index (χ4n) is 3.33. The molecule has 0 aromatic rings. The van der Waals surface area contributed by atoms with E-state index < -0.39 is 0 Å². The van der Waals surface area contributed by atoms with Crippen molar-refractivity contribution < 1.29 is 9.53 Å². The highest BCUT2D eigenvalue weighted by Crippen LogP contribution is 2.59. The van der Waals surface area contributed by atoms with Gasteiger partial charge in [0.05, 0.1) is 6.61 Å². The van der Waals surface area contributed by atoms with Crippen LogP contribution in [0.3, 0.4) is 0 Å². The molecule has 2 atom stereocenters. The zero-order valence-corrected chi connectivity index (χ0v) is 12.6. The Morgan fingerprint density at radius 3 is 2.74 bits per heavy atom. The van der Waals surface area contributed by atoms with Crippen molar-refractivity contribution in [2.24, 2.45) is 11.3 Å². The Hall–Kier alpha value is -0.610. The number of nitrogens with one attached hydrogen (secondary N) is 1. The number of amides is 1. The van der Waals surface area contributed by atoms with Crippen molar-refractivity contribution in [3.05, 3.63) is 0 Å². The minimum Gasteiger partial charge on any atom is -0.383 e. The van der Waals surface area contributed by atoms with Crippen molar-refractivity contribution in [1.82, 2.24) is 10.2 Å². The molecule has 2 fully saturated rings. The molecule has 4 heteroatoms. The standard InChI is InChI=1S/C15H28N2O2/c1-4-12(2)17(9-10-19-3)14(18)13-11-15(13)5-7-16-8-6-15/h12-13,16H,4-11H2,1-3H3. The van der Waals surface area contributed by atoms with E-state index in [2.05, 4.69) is 19.2 Å². The number of ether oxygens (including phenoxy) is 1. The third kappa shape index (κ3) is 3.11. The molecular formula is C15H28N2O2. The van der Waals surface area contributed by atoms with Crippen molar-refractivity contribution in [3.8, 4) is 0 Å². The average Bonchev–Trinajstić information content (AvgIpc) is 3.12. The molecule has 1 heterocycles. The molecule has 1 N–H and O–H groups in total. The number of carbonyl (C=O) groups is 1. The van der Waals surface area contributed by atoms with Gasteiger partial charge >= 0.3 is 0 Å². The lowest BCUT2D eigenvalue weighted by atomic mass is 9.91.